The Morgan fingerprint density at radius 3 is 2.65 bits per heavy atom. The van der Waals surface area contributed by atoms with Crippen LogP contribution in [0.5, 0.6) is 0 Å². The maximum absolute atomic E-state index is 8.58. The summed E-state index contributed by atoms with van der Waals surface area (Å²) in [4.78, 5) is 12.2. The SMILES string of the molecule is Cc1ccc(CNc2cnc(C#N)cn2)cn1. The van der Waals surface area contributed by atoms with Crippen molar-refractivity contribution in [3.05, 3.63) is 47.7 Å². The lowest BCUT2D eigenvalue weighted by Gasteiger charge is -2.04. The molecule has 2 rings (SSSR count). The van der Waals surface area contributed by atoms with Crippen LogP contribution in [0.25, 0.3) is 0 Å². The number of nitrogens with zero attached hydrogens (tertiary/aromatic N) is 4. The Labute approximate surface area is 99.2 Å². The number of nitriles is 1. The van der Waals surface area contributed by atoms with Gasteiger partial charge in [-0.05, 0) is 18.6 Å². The zero-order valence-electron chi connectivity index (χ0n) is 9.38. The first-order valence-corrected chi connectivity index (χ1v) is 5.15. The molecule has 0 spiro atoms. The molecular weight excluding hydrogens is 214 g/mol. The topological polar surface area (TPSA) is 74.5 Å². The highest BCUT2D eigenvalue weighted by molar-refractivity contribution is 5.34. The fraction of sp³-hybridized carbons (Fsp3) is 0.167. The second-order valence-electron chi connectivity index (χ2n) is 3.56. The molecule has 1 N–H and O–H groups in total. The van der Waals surface area contributed by atoms with E-state index in [2.05, 4.69) is 20.3 Å². The van der Waals surface area contributed by atoms with Gasteiger partial charge in [0.05, 0.1) is 12.4 Å². The number of hydrogen-bond acceptors (Lipinski definition) is 5. The van der Waals surface area contributed by atoms with Crippen molar-refractivity contribution in [2.45, 2.75) is 13.5 Å². The first-order valence-electron chi connectivity index (χ1n) is 5.15. The molecule has 0 aliphatic heterocycles. The van der Waals surface area contributed by atoms with Gasteiger partial charge in [-0.2, -0.15) is 5.26 Å². The van der Waals surface area contributed by atoms with E-state index in [4.69, 9.17) is 5.26 Å². The van der Waals surface area contributed by atoms with Gasteiger partial charge in [-0.3, -0.25) is 4.98 Å². The van der Waals surface area contributed by atoms with Crippen LogP contribution in [-0.4, -0.2) is 15.0 Å². The lowest BCUT2D eigenvalue weighted by molar-refractivity contribution is 1.05. The van der Waals surface area contributed by atoms with Crippen molar-refractivity contribution in [2.75, 3.05) is 5.32 Å². The fourth-order valence-corrected chi connectivity index (χ4v) is 1.27. The summed E-state index contributed by atoms with van der Waals surface area (Å²) in [6, 6.07) is 5.89. The van der Waals surface area contributed by atoms with Crippen molar-refractivity contribution in [1.29, 1.82) is 5.26 Å². The van der Waals surface area contributed by atoms with Crippen molar-refractivity contribution in [3.63, 3.8) is 0 Å². The molecule has 17 heavy (non-hydrogen) atoms. The van der Waals surface area contributed by atoms with E-state index in [1.165, 1.54) is 6.20 Å². The minimum Gasteiger partial charge on any atom is -0.365 e. The Bertz CT molecular complexity index is 524. The van der Waals surface area contributed by atoms with E-state index in [1.54, 1.807) is 6.20 Å². The molecule has 0 aliphatic rings. The molecule has 0 unspecified atom stereocenters. The molecule has 0 saturated heterocycles. The summed E-state index contributed by atoms with van der Waals surface area (Å²) in [5.74, 6) is 0.643. The van der Waals surface area contributed by atoms with E-state index in [9.17, 15) is 0 Å². The quantitative estimate of drug-likeness (QED) is 0.859. The zero-order valence-corrected chi connectivity index (χ0v) is 9.38. The summed E-state index contributed by atoms with van der Waals surface area (Å²) in [5.41, 5.74) is 2.38. The second-order valence-corrected chi connectivity index (χ2v) is 3.56. The normalized spacial score (nSPS) is 9.65. The largest absolute Gasteiger partial charge is 0.365 e. The molecule has 84 valence electrons. The predicted octanol–water partition coefficient (Wildman–Crippen LogP) is 1.66. The molecule has 0 bridgehead atoms. The molecule has 2 heterocycles. The number of aryl methyl sites for hydroxylation is 1. The molecule has 0 radical (unpaired) electrons. The smallest absolute Gasteiger partial charge is 0.158 e. The van der Waals surface area contributed by atoms with Gasteiger partial charge in [-0.1, -0.05) is 6.07 Å². The Balaban J connectivity index is 1.98. The van der Waals surface area contributed by atoms with Crippen LogP contribution >= 0.6 is 0 Å². The van der Waals surface area contributed by atoms with E-state index in [-0.39, 0.29) is 0 Å². The lowest BCUT2D eigenvalue weighted by Crippen LogP contribution is -2.02. The van der Waals surface area contributed by atoms with E-state index >= 15 is 0 Å². The average Bonchev–Trinajstić information content (AvgIpc) is 2.39. The minimum absolute atomic E-state index is 0.313. The van der Waals surface area contributed by atoms with Gasteiger partial charge in [0.1, 0.15) is 11.9 Å². The standard InChI is InChI=1S/C12H11N5/c1-9-2-3-10(5-14-9)6-16-12-8-15-11(4-13)7-17-12/h2-3,5,7-8H,6H2,1H3,(H,16,17). The maximum atomic E-state index is 8.58. The molecule has 2 aromatic heterocycles. The number of pyridine rings is 1. The average molecular weight is 225 g/mol. The van der Waals surface area contributed by atoms with Crippen molar-refractivity contribution in [1.82, 2.24) is 15.0 Å². The summed E-state index contributed by atoms with van der Waals surface area (Å²) in [6.45, 7) is 2.58. The van der Waals surface area contributed by atoms with Crippen LogP contribution in [0.4, 0.5) is 5.82 Å². The molecule has 0 amide bonds. The van der Waals surface area contributed by atoms with E-state index in [0.29, 0.717) is 18.1 Å². The minimum atomic E-state index is 0.313. The van der Waals surface area contributed by atoms with Gasteiger partial charge in [0, 0.05) is 18.4 Å². The third-order valence-electron chi connectivity index (χ3n) is 2.21. The van der Waals surface area contributed by atoms with Crippen LogP contribution in [0.2, 0.25) is 0 Å². The first kappa shape index (κ1) is 11.0. The fourth-order valence-electron chi connectivity index (χ4n) is 1.27. The Morgan fingerprint density at radius 1 is 1.18 bits per heavy atom. The highest BCUT2D eigenvalue weighted by atomic mass is 15.0. The number of rotatable bonds is 3. The lowest BCUT2D eigenvalue weighted by atomic mass is 10.2. The van der Waals surface area contributed by atoms with Crippen LogP contribution in [0.1, 0.15) is 17.0 Å². The summed E-state index contributed by atoms with van der Waals surface area (Å²) in [5, 5.41) is 11.7. The predicted molar refractivity (Wildman–Crippen MR) is 63.0 cm³/mol. The monoisotopic (exact) mass is 225 g/mol. The molecule has 0 saturated carbocycles. The van der Waals surface area contributed by atoms with Crippen molar-refractivity contribution in [3.8, 4) is 6.07 Å². The second kappa shape index (κ2) is 5.03. The molecule has 0 aromatic carbocycles. The van der Waals surface area contributed by atoms with Gasteiger partial charge in [0.25, 0.3) is 0 Å². The maximum Gasteiger partial charge on any atom is 0.158 e. The molecule has 0 atom stereocenters. The Hall–Kier alpha value is -2.48. The highest BCUT2D eigenvalue weighted by Gasteiger charge is 1.97. The Kier molecular flexibility index (Phi) is 3.26. The van der Waals surface area contributed by atoms with E-state index in [1.807, 2.05) is 31.3 Å². The molecule has 5 heteroatoms. The third-order valence-corrected chi connectivity index (χ3v) is 2.21. The molecule has 5 nitrogen and oxygen atoms in total. The molecule has 2 aromatic rings. The van der Waals surface area contributed by atoms with Gasteiger partial charge in [0.2, 0.25) is 0 Å². The number of aromatic nitrogens is 3. The summed E-state index contributed by atoms with van der Waals surface area (Å²) in [6.07, 6.45) is 4.80. The Morgan fingerprint density at radius 2 is 2.06 bits per heavy atom. The molecule has 0 aliphatic carbocycles. The van der Waals surface area contributed by atoms with Crippen LogP contribution in [0, 0.1) is 18.3 Å². The highest BCUT2D eigenvalue weighted by Crippen LogP contribution is 2.04. The number of nitrogens with one attached hydrogen (secondary N) is 1. The van der Waals surface area contributed by atoms with Crippen LogP contribution in [0.3, 0.4) is 0 Å². The number of anilines is 1. The van der Waals surface area contributed by atoms with Gasteiger partial charge in [-0.15, -0.1) is 0 Å². The van der Waals surface area contributed by atoms with E-state index < -0.39 is 0 Å². The van der Waals surface area contributed by atoms with Crippen molar-refractivity contribution in [2.24, 2.45) is 0 Å². The van der Waals surface area contributed by atoms with Crippen molar-refractivity contribution >= 4 is 5.82 Å². The number of hydrogen-bond donors (Lipinski definition) is 1. The summed E-state index contributed by atoms with van der Waals surface area (Å²) in [7, 11) is 0. The van der Waals surface area contributed by atoms with Gasteiger partial charge in [0.15, 0.2) is 5.69 Å². The van der Waals surface area contributed by atoms with Gasteiger partial charge < -0.3 is 5.32 Å². The van der Waals surface area contributed by atoms with Crippen LogP contribution < -0.4 is 5.32 Å². The van der Waals surface area contributed by atoms with Crippen LogP contribution in [0.15, 0.2) is 30.7 Å². The van der Waals surface area contributed by atoms with Crippen molar-refractivity contribution < 1.29 is 0 Å². The van der Waals surface area contributed by atoms with Crippen LogP contribution in [-0.2, 0) is 6.54 Å². The van der Waals surface area contributed by atoms with E-state index in [0.717, 1.165) is 11.3 Å². The van der Waals surface area contributed by atoms with Gasteiger partial charge >= 0.3 is 0 Å². The zero-order chi connectivity index (χ0) is 12.1. The summed E-state index contributed by atoms with van der Waals surface area (Å²) >= 11 is 0. The first-order chi connectivity index (χ1) is 8.28. The summed E-state index contributed by atoms with van der Waals surface area (Å²) < 4.78 is 0. The third kappa shape index (κ3) is 2.98. The van der Waals surface area contributed by atoms with Gasteiger partial charge in [-0.25, -0.2) is 9.97 Å². The molecular formula is C12H11N5. The molecule has 0 fully saturated rings.